The summed E-state index contributed by atoms with van der Waals surface area (Å²) in [4.78, 5) is 33.0. The third-order valence-corrected chi connectivity index (χ3v) is 7.57. The van der Waals surface area contributed by atoms with E-state index >= 15 is 0 Å². The maximum absolute atomic E-state index is 13.6. The Morgan fingerprint density at radius 3 is 2.24 bits per heavy atom. The number of methoxy groups -OCH3 is 3. The molecule has 0 radical (unpaired) electrons. The van der Waals surface area contributed by atoms with Gasteiger partial charge < -0.3 is 19.3 Å². The zero-order chi connectivity index (χ0) is 27.1. The van der Waals surface area contributed by atoms with Gasteiger partial charge >= 0.3 is 5.91 Å². The highest BCUT2D eigenvalue weighted by Crippen LogP contribution is 2.48. The molecule has 0 aliphatic carbocycles. The molecule has 38 heavy (non-hydrogen) atoms. The molecule has 194 valence electrons. The fraction of sp³-hybridized carbons (Fsp3) is 0.179. The lowest BCUT2D eigenvalue weighted by atomic mass is 9.95. The third kappa shape index (κ3) is 4.23. The minimum Gasteiger partial charge on any atom is -0.507 e. The van der Waals surface area contributed by atoms with Crippen molar-refractivity contribution in [1.29, 1.82) is 0 Å². The topological polar surface area (TPSA) is 98.2 Å². The molecule has 2 heterocycles. The number of benzene rings is 3. The normalized spacial score (nSPS) is 16.8. The molecule has 3 aromatic carbocycles. The number of amides is 1. The summed E-state index contributed by atoms with van der Waals surface area (Å²) in [7, 11) is 4.43. The number of rotatable bonds is 6. The van der Waals surface area contributed by atoms with E-state index in [9.17, 15) is 14.7 Å². The van der Waals surface area contributed by atoms with Gasteiger partial charge in [0.05, 0.1) is 43.2 Å². The lowest BCUT2D eigenvalue weighted by Crippen LogP contribution is -2.29. The number of aryl methyl sites for hydroxylation is 1. The molecule has 0 bridgehead atoms. The molecule has 1 aliphatic rings. The van der Waals surface area contributed by atoms with Crippen LogP contribution >= 0.6 is 22.9 Å². The van der Waals surface area contributed by atoms with Gasteiger partial charge in [-0.15, -0.1) is 0 Å². The molecule has 1 N–H and O–H groups in total. The average Bonchev–Trinajstić information content (AvgIpc) is 3.45. The highest BCUT2D eigenvalue weighted by Gasteiger charge is 2.48. The monoisotopic (exact) mass is 550 g/mol. The summed E-state index contributed by atoms with van der Waals surface area (Å²) >= 11 is 7.31. The second-order valence-corrected chi connectivity index (χ2v) is 10.0. The molecule has 1 fully saturated rings. The number of carbonyl (C=O) groups is 2. The van der Waals surface area contributed by atoms with E-state index in [4.69, 9.17) is 25.8 Å². The summed E-state index contributed by atoms with van der Waals surface area (Å²) in [5, 5.41) is 12.1. The number of anilines is 1. The average molecular weight is 551 g/mol. The second kappa shape index (κ2) is 10.00. The quantitative estimate of drug-likeness (QED) is 0.181. The van der Waals surface area contributed by atoms with Gasteiger partial charge in [0, 0.05) is 10.6 Å². The van der Waals surface area contributed by atoms with Crippen molar-refractivity contribution in [3.05, 3.63) is 81.9 Å². The van der Waals surface area contributed by atoms with E-state index in [1.165, 1.54) is 37.6 Å². The van der Waals surface area contributed by atoms with Gasteiger partial charge in [0.2, 0.25) is 5.75 Å². The van der Waals surface area contributed by atoms with E-state index in [1.807, 2.05) is 25.1 Å². The van der Waals surface area contributed by atoms with Crippen molar-refractivity contribution >= 4 is 55.7 Å². The Labute approximate surface area is 227 Å². The van der Waals surface area contributed by atoms with E-state index in [0.717, 1.165) is 10.3 Å². The zero-order valence-corrected chi connectivity index (χ0v) is 22.5. The molecule has 1 aromatic heterocycles. The predicted octanol–water partition coefficient (Wildman–Crippen LogP) is 5.91. The Balaban J connectivity index is 1.78. The van der Waals surface area contributed by atoms with Gasteiger partial charge in [0.15, 0.2) is 16.6 Å². The predicted molar refractivity (Wildman–Crippen MR) is 147 cm³/mol. The van der Waals surface area contributed by atoms with Gasteiger partial charge in [0.25, 0.3) is 5.78 Å². The number of fused-ring (bicyclic) bond motifs is 1. The van der Waals surface area contributed by atoms with Crippen LogP contribution in [0.4, 0.5) is 5.13 Å². The highest BCUT2D eigenvalue weighted by atomic mass is 35.5. The molecule has 1 saturated heterocycles. The number of Topliss-reactive ketones (excluding diaryl/α,β-unsaturated/α-hetero) is 1. The summed E-state index contributed by atoms with van der Waals surface area (Å²) in [6.07, 6.45) is 0. The van der Waals surface area contributed by atoms with Crippen LogP contribution in [0.5, 0.6) is 17.2 Å². The van der Waals surface area contributed by atoms with Crippen LogP contribution in [0.2, 0.25) is 5.02 Å². The lowest BCUT2D eigenvalue weighted by molar-refractivity contribution is -0.132. The summed E-state index contributed by atoms with van der Waals surface area (Å²) in [5.74, 6) is -0.971. The Hall–Kier alpha value is -4.08. The summed E-state index contributed by atoms with van der Waals surface area (Å²) in [6, 6.07) is 14.4. The van der Waals surface area contributed by atoms with E-state index in [0.29, 0.717) is 44.0 Å². The Bertz CT molecular complexity index is 1590. The number of aliphatic hydroxyl groups is 1. The van der Waals surface area contributed by atoms with E-state index in [1.54, 1.807) is 36.4 Å². The first-order chi connectivity index (χ1) is 18.3. The van der Waals surface area contributed by atoms with Gasteiger partial charge in [-0.1, -0.05) is 29.0 Å². The van der Waals surface area contributed by atoms with Gasteiger partial charge in [-0.2, -0.15) is 0 Å². The number of aromatic nitrogens is 1. The van der Waals surface area contributed by atoms with Crippen LogP contribution < -0.4 is 19.1 Å². The number of hydrogen-bond acceptors (Lipinski definition) is 8. The van der Waals surface area contributed by atoms with Gasteiger partial charge in [0.1, 0.15) is 5.76 Å². The van der Waals surface area contributed by atoms with Crippen molar-refractivity contribution in [3.8, 4) is 17.2 Å². The fourth-order valence-electron chi connectivity index (χ4n) is 4.49. The fourth-order valence-corrected chi connectivity index (χ4v) is 5.71. The maximum atomic E-state index is 13.6. The largest absolute Gasteiger partial charge is 0.507 e. The van der Waals surface area contributed by atoms with Crippen molar-refractivity contribution < 1.29 is 28.9 Å². The van der Waals surface area contributed by atoms with Crippen LogP contribution in [-0.4, -0.2) is 43.1 Å². The van der Waals surface area contributed by atoms with Crippen LogP contribution in [0.3, 0.4) is 0 Å². The van der Waals surface area contributed by atoms with Crippen molar-refractivity contribution in [2.45, 2.75) is 13.0 Å². The minimum absolute atomic E-state index is 0.0953. The van der Waals surface area contributed by atoms with Crippen LogP contribution in [0.25, 0.3) is 16.0 Å². The summed E-state index contributed by atoms with van der Waals surface area (Å²) in [5.41, 5.74) is 2.44. The highest BCUT2D eigenvalue weighted by molar-refractivity contribution is 7.22. The number of aliphatic hydroxyl groups excluding tert-OH is 1. The molecule has 5 rings (SSSR count). The van der Waals surface area contributed by atoms with E-state index in [2.05, 4.69) is 4.98 Å². The molecule has 1 aliphatic heterocycles. The number of ketones is 1. The number of thiazole rings is 1. The Kier molecular flexibility index (Phi) is 6.73. The molecule has 1 amide bonds. The van der Waals surface area contributed by atoms with Crippen molar-refractivity contribution in [3.63, 3.8) is 0 Å². The third-order valence-electron chi connectivity index (χ3n) is 6.30. The smallest absolute Gasteiger partial charge is 0.301 e. The molecule has 0 spiro atoms. The second-order valence-electron chi connectivity index (χ2n) is 8.60. The molecule has 4 aromatic rings. The van der Waals surface area contributed by atoms with Crippen LogP contribution in [0, 0.1) is 6.92 Å². The summed E-state index contributed by atoms with van der Waals surface area (Å²) < 4.78 is 17.4. The Morgan fingerprint density at radius 1 is 0.974 bits per heavy atom. The summed E-state index contributed by atoms with van der Waals surface area (Å²) in [6.45, 7) is 1.97. The number of nitrogens with zero attached hydrogens (tertiary/aromatic N) is 2. The molecule has 8 nitrogen and oxygen atoms in total. The first-order valence-corrected chi connectivity index (χ1v) is 12.7. The molecule has 0 saturated carbocycles. The molecule has 1 atom stereocenters. The van der Waals surface area contributed by atoms with Crippen molar-refractivity contribution in [2.75, 3.05) is 26.2 Å². The van der Waals surface area contributed by atoms with Crippen LogP contribution in [0.15, 0.2) is 60.2 Å². The number of ether oxygens (including phenoxy) is 3. The SMILES string of the molecule is COc1cc([C@H]2/C(=C(\O)c3ccc(Cl)cc3)C(=O)C(=O)N2c2nc3ccc(C)cc3s2)cc(OC)c1OC. The zero-order valence-electron chi connectivity index (χ0n) is 20.9. The van der Waals surface area contributed by atoms with E-state index < -0.39 is 17.7 Å². The number of carbonyl (C=O) groups excluding carboxylic acids is 2. The van der Waals surface area contributed by atoms with Crippen LogP contribution in [-0.2, 0) is 9.59 Å². The van der Waals surface area contributed by atoms with E-state index in [-0.39, 0.29) is 11.3 Å². The maximum Gasteiger partial charge on any atom is 0.301 e. The molecular weight excluding hydrogens is 528 g/mol. The van der Waals surface area contributed by atoms with Gasteiger partial charge in [-0.3, -0.25) is 14.5 Å². The van der Waals surface area contributed by atoms with Gasteiger partial charge in [-0.25, -0.2) is 4.98 Å². The standard InChI is InChI=1S/C28H23ClN2O6S/c1-14-5-10-18-21(11-14)38-28(30-18)31-23(16-12-19(35-2)26(37-4)20(13-16)36-3)22(25(33)27(31)34)24(32)15-6-8-17(29)9-7-15/h5-13,23,32H,1-4H3/b24-22+/t23-/m0/s1. The first kappa shape index (κ1) is 25.6. The minimum atomic E-state index is -1.03. The molecule has 10 heteroatoms. The van der Waals surface area contributed by atoms with Crippen molar-refractivity contribution in [1.82, 2.24) is 4.98 Å². The first-order valence-electron chi connectivity index (χ1n) is 11.5. The molecular formula is C28H23ClN2O6S. The number of hydrogen-bond donors (Lipinski definition) is 1. The van der Waals surface area contributed by atoms with Gasteiger partial charge in [-0.05, 0) is 66.6 Å². The van der Waals surface area contributed by atoms with Crippen molar-refractivity contribution in [2.24, 2.45) is 0 Å². The van der Waals surface area contributed by atoms with Crippen LogP contribution in [0.1, 0.15) is 22.7 Å². The number of halogens is 1. The lowest BCUT2D eigenvalue weighted by Gasteiger charge is -2.24. The molecule has 0 unspecified atom stereocenters. The Morgan fingerprint density at radius 2 is 1.63 bits per heavy atom.